The third-order valence-corrected chi connectivity index (χ3v) is 3.38. The molecule has 0 radical (unpaired) electrons. The molecule has 0 aromatic heterocycles. The predicted octanol–water partition coefficient (Wildman–Crippen LogP) is 5.59. The Hall–Kier alpha value is -2.94. The number of aryl methyl sites for hydroxylation is 2. The molecule has 0 unspecified atom stereocenters. The molecular weight excluding hydrogens is 288 g/mol. The molecule has 23 heavy (non-hydrogen) atoms. The van der Waals surface area contributed by atoms with E-state index in [0.717, 1.165) is 11.1 Å². The van der Waals surface area contributed by atoms with Crippen molar-refractivity contribution in [3.63, 3.8) is 0 Å². The number of phenols is 1. The van der Waals surface area contributed by atoms with Crippen LogP contribution in [0, 0.1) is 13.8 Å². The van der Waals surface area contributed by atoms with Gasteiger partial charge in [-0.1, -0.05) is 30.3 Å². The Morgan fingerprint density at radius 3 is 1.87 bits per heavy atom. The second-order valence-corrected chi connectivity index (χ2v) is 5.44. The summed E-state index contributed by atoms with van der Waals surface area (Å²) < 4.78 is 11.7. The zero-order chi connectivity index (χ0) is 16.2. The van der Waals surface area contributed by atoms with Gasteiger partial charge in [-0.3, -0.25) is 0 Å². The van der Waals surface area contributed by atoms with Crippen molar-refractivity contribution in [2.24, 2.45) is 0 Å². The summed E-state index contributed by atoms with van der Waals surface area (Å²) in [5.74, 6) is 2.17. The smallest absolute Gasteiger partial charge is 0.211 e. The molecule has 0 saturated carbocycles. The molecule has 1 N–H and O–H groups in total. The largest absolute Gasteiger partial charge is 0.504 e. The zero-order valence-electron chi connectivity index (χ0n) is 13.1. The molecule has 0 bridgehead atoms. The van der Waals surface area contributed by atoms with Crippen LogP contribution in [0.25, 0.3) is 0 Å². The standard InChI is InChI=1S/C20H18O3/c1-14-6-3-8-16(12-14)22-19-11-5-10-18(21)20(19)23-17-9-4-7-15(2)13-17/h3-13,21H,1-2H3. The predicted molar refractivity (Wildman–Crippen MR) is 90.6 cm³/mol. The fraction of sp³-hybridized carbons (Fsp3) is 0.100. The Morgan fingerprint density at radius 1 is 0.696 bits per heavy atom. The van der Waals surface area contributed by atoms with Crippen molar-refractivity contribution in [2.75, 3.05) is 0 Å². The highest BCUT2D eigenvalue weighted by Crippen LogP contribution is 2.41. The van der Waals surface area contributed by atoms with Gasteiger partial charge in [0.1, 0.15) is 11.5 Å². The third kappa shape index (κ3) is 3.64. The molecule has 3 nitrogen and oxygen atoms in total. The molecule has 0 heterocycles. The van der Waals surface area contributed by atoms with Gasteiger partial charge < -0.3 is 14.6 Å². The molecule has 0 aliphatic rings. The number of aromatic hydroxyl groups is 1. The molecule has 0 amide bonds. The molecule has 0 aliphatic carbocycles. The van der Waals surface area contributed by atoms with E-state index in [1.165, 1.54) is 0 Å². The van der Waals surface area contributed by atoms with Crippen molar-refractivity contribution < 1.29 is 14.6 Å². The molecule has 116 valence electrons. The molecule has 3 aromatic rings. The minimum absolute atomic E-state index is 0.0386. The maximum Gasteiger partial charge on any atom is 0.211 e. The number of hydrogen-bond donors (Lipinski definition) is 1. The summed E-state index contributed by atoms with van der Waals surface area (Å²) >= 11 is 0. The fourth-order valence-corrected chi connectivity index (χ4v) is 2.29. The first-order valence-corrected chi connectivity index (χ1v) is 7.43. The number of para-hydroxylation sites is 1. The average Bonchev–Trinajstić information content (AvgIpc) is 2.51. The van der Waals surface area contributed by atoms with Crippen LogP contribution in [-0.2, 0) is 0 Å². The highest BCUT2D eigenvalue weighted by atomic mass is 16.5. The van der Waals surface area contributed by atoms with Crippen molar-refractivity contribution in [2.45, 2.75) is 13.8 Å². The lowest BCUT2D eigenvalue weighted by Crippen LogP contribution is -1.91. The normalized spacial score (nSPS) is 10.3. The summed E-state index contributed by atoms with van der Waals surface area (Å²) in [6.07, 6.45) is 0. The number of phenolic OH excluding ortho intramolecular Hbond substituents is 1. The minimum atomic E-state index is 0.0386. The molecule has 3 rings (SSSR count). The Kier molecular flexibility index (Phi) is 4.20. The van der Waals surface area contributed by atoms with Crippen molar-refractivity contribution in [3.05, 3.63) is 77.9 Å². The Labute approximate surface area is 135 Å². The summed E-state index contributed by atoms with van der Waals surface area (Å²) in [7, 11) is 0. The fourth-order valence-electron chi connectivity index (χ4n) is 2.29. The molecular formula is C20H18O3. The van der Waals surface area contributed by atoms with E-state index < -0.39 is 0 Å². The molecule has 0 aliphatic heterocycles. The summed E-state index contributed by atoms with van der Waals surface area (Å²) in [5, 5.41) is 10.1. The van der Waals surface area contributed by atoms with E-state index in [1.807, 2.05) is 62.4 Å². The van der Waals surface area contributed by atoms with Crippen molar-refractivity contribution in [1.29, 1.82) is 0 Å². The molecule has 3 aromatic carbocycles. The third-order valence-electron chi connectivity index (χ3n) is 3.38. The van der Waals surface area contributed by atoms with E-state index in [-0.39, 0.29) is 5.75 Å². The van der Waals surface area contributed by atoms with Gasteiger partial charge in [-0.05, 0) is 61.4 Å². The van der Waals surface area contributed by atoms with Gasteiger partial charge in [0.15, 0.2) is 11.5 Å². The first kappa shape index (κ1) is 15.0. The molecule has 0 saturated heterocycles. The van der Waals surface area contributed by atoms with Gasteiger partial charge in [0.2, 0.25) is 5.75 Å². The van der Waals surface area contributed by atoms with Gasteiger partial charge in [0.05, 0.1) is 0 Å². The van der Waals surface area contributed by atoms with Gasteiger partial charge in [0, 0.05) is 0 Å². The number of benzene rings is 3. The van der Waals surface area contributed by atoms with Crippen molar-refractivity contribution in [1.82, 2.24) is 0 Å². The number of rotatable bonds is 4. The van der Waals surface area contributed by atoms with Crippen LogP contribution in [0.4, 0.5) is 0 Å². The van der Waals surface area contributed by atoms with Crippen LogP contribution in [-0.4, -0.2) is 5.11 Å². The van der Waals surface area contributed by atoms with Crippen LogP contribution in [0.3, 0.4) is 0 Å². The van der Waals surface area contributed by atoms with Gasteiger partial charge >= 0.3 is 0 Å². The van der Waals surface area contributed by atoms with E-state index in [2.05, 4.69) is 0 Å². The molecule has 0 spiro atoms. The van der Waals surface area contributed by atoms with Crippen LogP contribution in [0.1, 0.15) is 11.1 Å². The highest BCUT2D eigenvalue weighted by Gasteiger charge is 2.13. The maximum atomic E-state index is 10.1. The van der Waals surface area contributed by atoms with E-state index in [0.29, 0.717) is 23.0 Å². The minimum Gasteiger partial charge on any atom is -0.504 e. The van der Waals surface area contributed by atoms with Gasteiger partial charge in [0.25, 0.3) is 0 Å². The van der Waals surface area contributed by atoms with Crippen LogP contribution in [0.2, 0.25) is 0 Å². The maximum absolute atomic E-state index is 10.1. The van der Waals surface area contributed by atoms with E-state index in [1.54, 1.807) is 18.2 Å². The highest BCUT2D eigenvalue weighted by molar-refractivity contribution is 5.54. The van der Waals surface area contributed by atoms with E-state index in [9.17, 15) is 5.11 Å². The van der Waals surface area contributed by atoms with Crippen LogP contribution in [0.15, 0.2) is 66.7 Å². The van der Waals surface area contributed by atoms with Gasteiger partial charge in [-0.15, -0.1) is 0 Å². The monoisotopic (exact) mass is 306 g/mol. The summed E-state index contributed by atoms with van der Waals surface area (Å²) in [4.78, 5) is 0. The van der Waals surface area contributed by atoms with Crippen LogP contribution >= 0.6 is 0 Å². The quantitative estimate of drug-likeness (QED) is 0.682. The first-order valence-electron chi connectivity index (χ1n) is 7.43. The second kappa shape index (κ2) is 6.44. The molecule has 0 fully saturated rings. The van der Waals surface area contributed by atoms with Crippen molar-refractivity contribution in [3.8, 4) is 28.7 Å². The SMILES string of the molecule is Cc1cccc(Oc2cccc(O)c2Oc2cccc(C)c2)c1. The Bertz CT molecular complexity index is 825. The summed E-state index contributed by atoms with van der Waals surface area (Å²) in [5.41, 5.74) is 2.18. The van der Waals surface area contributed by atoms with Crippen LogP contribution in [0.5, 0.6) is 28.7 Å². The van der Waals surface area contributed by atoms with E-state index in [4.69, 9.17) is 9.47 Å². The lowest BCUT2D eigenvalue weighted by molar-refractivity contribution is 0.381. The second-order valence-electron chi connectivity index (χ2n) is 5.44. The van der Waals surface area contributed by atoms with E-state index >= 15 is 0 Å². The van der Waals surface area contributed by atoms with Gasteiger partial charge in [-0.25, -0.2) is 0 Å². The van der Waals surface area contributed by atoms with Crippen LogP contribution < -0.4 is 9.47 Å². The molecule has 3 heteroatoms. The number of hydrogen-bond acceptors (Lipinski definition) is 3. The average molecular weight is 306 g/mol. The van der Waals surface area contributed by atoms with Crippen molar-refractivity contribution >= 4 is 0 Å². The first-order chi connectivity index (χ1) is 11.1. The zero-order valence-corrected chi connectivity index (χ0v) is 13.1. The lowest BCUT2D eigenvalue weighted by Gasteiger charge is -2.14. The van der Waals surface area contributed by atoms with Gasteiger partial charge in [-0.2, -0.15) is 0 Å². The summed E-state index contributed by atoms with van der Waals surface area (Å²) in [6.45, 7) is 3.99. The topological polar surface area (TPSA) is 38.7 Å². The Balaban J connectivity index is 1.93. The Morgan fingerprint density at radius 2 is 1.26 bits per heavy atom. The summed E-state index contributed by atoms with van der Waals surface area (Å²) in [6, 6.07) is 20.4. The lowest BCUT2D eigenvalue weighted by atomic mass is 10.2. The molecule has 0 atom stereocenters. The number of ether oxygens (including phenoxy) is 2.